The Morgan fingerprint density at radius 1 is 0.941 bits per heavy atom. The molecule has 86 valence electrons. The summed E-state index contributed by atoms with van der Waals surface area (Å²) in [6.07, 6.45) is 0. The van der Waals surface area contributed by atoms with E-state index in [9.17, 15) is 9.18 Å². The van der Waals surface area contributed by atoms with Gasteiger partial charge in [0.25, 0.3) is 0 Å². The van der Waals surface area contributed by atoms with Crippen LogP contribution in [-0.2, 0) is 0 Å². The molecule has 0 radical (unpaired) electrons. The van der Waals surface area contributed by atoms with Crippen molar-refractivity contribution in [3.05, 3.63) is 65.5 Å². The summed E-state index contributed by atoms with van der Waals surface area (Å²) in [7, 11) is 1.57. The lowest BCUT2D eigenvalue weighted by atomic mass is 10.0. The number of benzene rings is 2. The Balaban J connectivity index is 2.27. The molecule has 0 spiro atoms. The molecule has 17 heavy (non-hydrogen) atoms. The first kappa shape index (κ1) is 11.3. The number of hydrogen-bond donors (Lipinski definition) is 0. The summed E-state index contributed by atoms with van der Waals surface area (Å²) in [5.74, 6) is 0.213. The average molecular weight is 230 g/mol. The third-order valence-electron chi connectivity index (χ3n) is 2.46. The van der Waals surface area contributed by atoms with Crippen LogP contribution in [0.25, 0.3) is 0 Å². The molecule has 0 amide bonds. The molecule has 2 aromatic rings. The maximum Gasteiger partial charge on any atom is 0.193 e. The molecule has 0 aliphatic rings. The highest BCUT2D eigenvalue weighted by Gasteiger charge is 2.08. The van der Waals surface area contributed by atoms with E-state index in [2.05, 4.69) is 0 Å². The molecule has 0 bridgehead atoms. The number of carbonyl (C=O) groups excluding carboxylic acids is 1. The van der Waals surface area contributed by atoms with Gasteiger partial charge in [-0.15, -0.1) is 0 Å². The number of carbonyl (C=O) groups is 1. The number of ketones is 1. The van der Waals surface area contributed by atoms with Gasteiger partial charge in [-0.25, -0.2) is 4.39 Å². The van der Waals surface area contributed by atoms with Crippen LogP contribution in [0, 0.1) is 5.82 Å². The molecule has 0 unspecified atom stereocenters. The second kappa shape index (κ2) is 4.78. The third-order valence-corrected chi connectivity index (χ3v) is 2.46. The highest BCUT2D eigenvalue weighted by atomic mass is 19.1. The van der Waals surface area contributed by atoms with Gasteiger partial charge in [-0.3, -0.25) is 4.79 Å². The molecule has 0 aromatic heterocycles. The van der Waals surface area contributed by atoms with Gasteiger partial charge < -0.3 is 4.74 Å². The summed E-state index contributed by atoms with van der Waals surface area (Å²) in [6.45, 7) is 0. The molecule has 2 rings (SSSR count). The quantitative estimate of drug-likeness (QED) is 0.757. The minimum atomic E-state index is -0.351. The van der Waals surface area contributed by atoms with Crippen LogP contribution in [0.2, 0.25) is 0 Å². The topological polar surface area (TPSA) is 26.3 Å². The fourth-order valence-electron chi connectivity index (χ4n) is 1.51. The molecule has 0 atom stereocenters. The van der Waals surface area contributed by atoms with Crippen molar-refractivity contribution in [2.75, 3.05) is 7.11 Å². The molecule has 3 heteroatoms. The molecular formula is C14H11FO2. The summed E-state index contributed by atoms with van der Waals surface area (Å²) in [4.78, 5) is 12.0. The van der Waals surface area contributed by atoms with Crippen LogP contribution in [0.3, 0.4) is 0 Å². The lowest BCUT2D eigenvalue weighted by Gasteiger charge is -2.03. The van der Waals surface area contributed by atoms with Crippen molar-refractivity contribution in [1.29, 1.82) is 0 Å². The van der Waals surface area contributed by atoms with Crippen LogP contribution in [0.4, 0.5) is 4.39 Å². The van der Waals surface area contributed by atoms with Gasteiger partial charge in [0.15, 0.2) is 5.78 Å². The van der Waals surface area contributed by atoms with Crippen molar-refractivity contribution in [2.24, 2.45) is 0 Å². The van der Waals surface area contributed by atoms with Gasteiger partial charge >= 0.3 is 0 Å². The second-order valence-electron chi connectivity index (χ2n) is 3.56. The zero-order valence-electron chi connectivity index (χ0n) is 9.31. The number of hydrogen-bond acceptors (Lipinski definition) is 2. The molecular weight excluding hydrogens is 219 g/mol. The first-order chi connectivity index (χ1) is 8.20. The lowest BCUT2D eigenvalue weighted by molar-refractivity contribution is 0.103. The molecule has 0 N–H and O–H groups in total. The number of ether oxygens (including phenoxy) is 1. The van der Waals surface area contributed by atoms with Crippen molar-refractivity contribution < 1.29 is 13.9 Å². The first-order valence-electron chi connectivity index (χ1n) is 5.15. The normalized spacial score (nSPS) is 10.0. The summed E-state index contributed by atoms with van der Waals surface area (Å²) in [5.41, 5.74) is 1.02. The predicted molar refractivity (Wildman–Crippen MR) is 62.8 cm³/mol. The van der Waals surface area contributed by atoms with E-state index in [1.807, 2.05) is 0 Å². The van der Waals surface area contributed by atoms with Crippen LogP contribution in [0.1, 0.15) is 15.9 Å². The fraction of sp³-hybridized carbons (Fsp3) is 0.0714. The maximum absolute atomic E-state index is 12.7. The van der Waals surface area contributed by atoms with Crippen molar-refractivity contribution in [2.45, 2.75) is 0 Å². The van der Waals surface area contributed by atoms with E-state index in [0.717, 1.165) is 0 Å². The zero-order valence-corrected chi connectivity index (χ0v) is 9.31. The number of halogens is 1. The standard InChI is InChI=1S/C14H11FO2/c1-17-13-8-4-11(5-9-13)14(16)10-2-6-12(15)7-3-10/h2-9H,1H3. The van der Waals surface area contributed by atoms with E-state index in [1.165, 1.54) is 24.3 Å². The van der Waals surface area contributed by atoms with Crippen LogP contribution in [-0.4, -0.2) is 12.9 Å². The van der Waals surface area contributed by atoms with Gasteiger partial charge in [-0.2, -0.15) is 0 Å². The van der Waals surface area contributed by atoms with E-state index in [1.54, 1.807) is 31.4 Å². The first-order valence-corrected chi connectivity index (χ1v) is 5.15. The van der Waals surface area contributed by atoms with Gasteiger partial charge in [0.2, 0.25) is 0 Å². The highest BCUT2D eigenvalue weighted by Crippen LogP contribution is 2.15. The third kappa shape index (κ3) is 2.50. The summed E-state index contributed by atoms with van der Waals surface area (Å²) < 4.78 is 17.7. The Bertz CT molecular complexity index is 515. The SMILES string of the molecule is COc1ccc(C(=O)c2ccc(F)cc2)cc1. The van der Waals surface area contributed by atoms with Crippen molar-refractivity contribution >= 4 is 5.78 Å². The Labute approximate surface area is 98.7 Å². The minimum Gasteiger partial charge on any atom is -0.497 e. The number of methoxy groups -OCH3 is 1. The summed E-state index contributed by atoms with van der Waals surface area (Å²) >= 11 is 0. The Hall–Kier alpha value is -2.16. The van der Waals surface area contributed by atoms with Crippen LogP contribution < -0.4 is 4.74 Å². The second-order valence-corrected chi connectivity index (χ2v) is 3.56. The van der Waals surface area contributed by atoms with Gasteiger partial charge in [-0.1, -0.05) is 0 Å². The fourth-order valence-corrected chi connectivity index (χ4v) is 1.51. The smallest absolute Gasteiger partial charge is 0.193 e. The van der Waals surface area contributed by atoms with Gasteiger partial charge in [0, 0.05) is 11.1 Å². The largest absolute Gasteiger partial charge is 0.497 e. The predicted octanol–water partition coefficient (Wildman–Crippen LogP) is 3.07. The Kier molecular flexibility index (Phi) is 3.19. The van der Waals surface area contributed by atoms with Crippen LogP contribution >= 0.6 is 0 Å². The molecule has 2 nitrogen and oxygen atoms in total. The Morgan fingerprint density at radius 3 is 1.88 bits per heavy atom. The van der Waals surface area contributed by atoms with Gasteiger partial charge in [0.05, 0.1) is 7.11 Å². The van der Waals surface area contributed by atoms with Crippen molar-refractivity contribution in [3.8, 4) is 5.75 Å². The molecule has 2 aromatic carbocycles. The summed E-state index contributed by atoms with van der Waals surface area (Å²) in [5, 5.41) is 0. The van der Waals surface area contributed by atoms with Crippen molar-refractivity contribution in [1.82, 2.24) is 0 Å². The van der Waals surface area contributed by atoms with Gasteiger partial charge in [-0.05, 0) is 48.5 Å². The molecule has 0 saturated heterocycles. The summed E-state index contributed by atoms with van der Waals surface area (Å²) in [6, 6.07) is 12.3. The minimum absolute atomic E-state index is 0.132. The van der Waals surface area contributed by atoms with E-state index >= 15 is 0 Å². The van der Waals surface area contributed by atoms with Gasteiger partial charge in [0.1, 0.15) is 11.6 Å². The van der Waals surface area contributed by atoms with Crippen LogP contribution in [0.5, 0.6) is 5.75 Å². The van der Waals surface area contributed by atoms with E-state index in [4.69, 9.17) is 4.74 Å². The molecule has 0 aliphatic heterocycles. The van der Waals surface area contributed by atoms with E-state index < -0.39 is 0 Å². The van der Waals surface area contributed by atoms with Crippen molar-refractivity contribution in [3.63, 3.8) is 0 Å². The zero-order chi connectivity index (χ0) is 12.3. The Morgan fingerprint density at radius 2 is 1.41 bits per heavy atom. The lowest BCUT2D eigenvalue weighted by Crippen LogP contribution is -2.01. The number of rotatable bonds is 3. The van der Waals surface area contributed by atoms with Crippen LogP contribution in [0.15, 0.2) is 48.5 Å². The monoisotopic (exact) mass is 230 g/mol. The average Bonchev–Trinajstić information content (AvgIpc) is 2.39. The molecule has 0 saturated carbocycles. The van der Waals surface area contributed by atoms with E-state index in [-0.39, 0.29) is 11.6 Å². The van der Waals surface area contributed by atoms with E-state index in [0.29, 0.717) is 16.9 Å². The molecule has 0 fully saturated rings. The molecule has 0 heterocycles. The highest BCUT2D eigenvalue weighted by molar-refractivity contribution is 6.08. The molecule has 0 aliphatic carbocycles. The maximum atomic E-state index is 12.7.